The highest BCUT2D eigenvalue weighted by molar-refractivity contribution is 7.08. The molecule has 4 nitrogen and oxygen atoms in total. The Morgan fingerprint density at radius 1 is 1.17 bits per heavy atom. The van der Waals surface area contributed by atoms with Crippen LogP contribution >= 0.6 is 11.3 Å². The average Bonchev–Trinajstić information content (AvgIpc) is 2.82. The van der Waals surface area contributed by atoms with E-state index in [1.807, 2.05) is 16.8 Å². The van der Waals surface area contributed by atoms with Gasteiger partial charge in [0.25, 0.3) is 0 Å². The SMILES string of the molecule is CC(O)c1ccc(NC(=O)Nc2ccsc2)cc1. The predicted octanol–water partition coefficient (Wildman–Crippen LogP) is 3.45. The summed E-state index contributed by atoms with van der Waals surface area (Å²) in [5, 5.41) is 18.6. The van der Waals surface area contributed by atoms with Crippen LogP contribution in [0.15, 0.2) is 41.1 Å². The molecule has 1 heterocycles. The van der Waals surface area contributed by atoms with E-state index >= 15 is 0 Å². The summed E-state index contributed by atoms with van der Waals surface area (Å²) in [4.78, 5) is 11.6. The first-order valence-corrected chi connectivity index (χ1v) is 6.47. The van der Waals surface area contributed by atoms with Crippen LogP contribution in [0, 0.1) is 0 Å². The summed E-state index contributed by atoms with van der Waals surface area (Å²) in [6.07, 6.45) is -0.501. The van der Waals surface area contributed by atoms with Gasteiger partial charge in [0.2, 0.25) is 0 Å². The second-order valence-corrected chi connectivity index (χ2v) is 4.67. The van der Waals surface area contributed by atoms with Gasteiger partial charge in [-0.1, -0.05) is 12.1 Å². The van der Waals surface area contributed by atoms with Crippen LogP contribution in [0.4, 0.5) is 16.2 Å². The van der Waals surface area contributed by atoms with E-state index in [0.717, 1.165) is 11.3 Å². The minimum absolute atomic E-state index is 0.279. The van der Waals surface area contributed by atoms with Gasteiger partial charge in [0, 0.05) is 11.1 Å². The van der Waals surface area contributed by atoms with E-state index in [-0.39, 0.29) is 6.03 Å². The van der Waals surface area contributed by atoms with E-state index < -0.39 is 6.10 Å². The number of thiophene rings is 1. The van der Waals surface area contributed by atoms with Crippen molar-refractivity contribution in [3.05, 3.63) is 46.7 Å². The minimum atomic E-state index is -0.501. The van der Waals surface area contributed by atoms with Gasteiger partial charge in [-0.25, -0.2) is 4.79 Å². The van der Waals surface area contributed by atoms with E-state index in [4.69, 9.17) is 0 Å². The molecule has 0 saturated carbocycles. The highest BCUT2D eigenvalue weighted by Crippen LogP contribution is 2.16. The fraction of sp³-hybridized carbons (Fsp3) is 0.154. The maximum atomic E-state index is 11.6. The molecule has 1 aromatic carbocycles. The quantitative estimate of drug-likeness (QED) is 0.793. The van der Waals surface area contributed by atoms with Gasteiger partial charge in [0.1, 0.15) is 0 Å². The Morgan fingerprint density at radius 2 is 1.83 bits per heavy atom. The lowest BCUT2D eigenvalue weighted by atomic mass is 10.1. The second kappa shape index (κ2) is 5.66. The molecular weight excluding hydrogens is 248 g/mol. The zero-order valence-electron chi connectivity index (χ0n) is 9.88. The topological polar surface area (TPSA) is 61.4 Å². The van der Waals surface area contributed by atoms with Crippen molar-refractivity contribution >= 4 is 28.7 Å². The number of amides is 2. The molecule has 0 bridgehead atoms. The van der Waals surface area contributed by atoms with E-state index in [9.17, 15) is 9.90 Å². The largest absolute Gasteiger partial charge is 0.389 e. The van der Waals surface area contributed by atoms with Crippen molar-refractivity contribution in [1.82, 2.24) is 0 Å². The highest BCUT2D eigenvalue weighted by atomic mass is 32.1. The van der Waals surface area contributed by atoms with Crippen molar-refractivity contribution in [3.63, 3.8) is 0 Å². The summed E-state index contributed by atoms with van der Waals surface area (Å²) in [5.74, 6) is 0. The fourth-order valence-electron chi connectivity index (χ4n) is 1.47. The maximum absolute atomic E-state index is 11.6. The van der Waals surface area contributed by atoms with Crippen LogP contribution in [0.25, 0.3) is 0 Å². The molecule has 1 unspecified atom stereocenters. The number of benzene rings is 1. The number of nitrogens with one attached hydrogen (secondary N) is 2. The number of carbonyl (C=O) groups is 1. The molecule has 18 heavy (non-hydrogen) atoms. The minimum Gasteiger partial charge on any atom is -0.389 e. The number of aliphatic hydroxyl groups excluding tert-OH is 1. The van der Waals surface area contributed by atoms with Gasteiger partial charge in [-0.3, -0.25) is 0 Å². The summed E-state index contributed by atoms with van der Waals surface area (Å²) in [6.45, 7) is 1.70. The van der Waals surface area contributed by atoms with Gasteiger partial charge in [0.05, 0.1) is 11.8 Å². The molecular formula is C13H14N2O2S. The summed E-state index contributed by atoms with van der Waals surface area (Å²) in [7, 11) is 0. The highest BCUT2D eigenvalue weighted by Gasteiger charge is 2.04. The Hall–Kier alpha value is -1.85. The number of carbonyl (C=O) groups excluding carboxylic acids is 1. The molecule has 2 amide bonds. The second-order valence-electron chi connectivity index (χ2n) is 3.89. The van der Waals surface area contributed by atoms with Gasteiger partial charge in [-0.05, 0) is 36.1 Å². The lowest BCUT2D eigenvalue weighted by Gasteiger charge is -2.08. The first-order valence-electron chi connectivity index (χ1n) is 5.53. The Balaban J connectivity index is 1.95. The number of aliphatic hydroxyl groups is 1. The predicted molar refractivity (Wildman–Crippen MR) is 74.0 cm³/mol. The lowest BCUT2D eigenvalue weighted by Crippen LogP contribution is -2.18. The number of hydrogen-bond acceptors (Lipinski definition) is 3. The molecule has 1 aromatic heterocycles. The smallest absolute Gasteiger partial charge is 0.323 e. The van der Waals surface area contributed by atoms with Crippen molar-refractivity contribution in [1.29, 1.82) is 0 Å². The Kier molecular flexibility index (Phi) is 3.96. The zero-order chi connectivity index (χ0) is 13.0. The number of hydrogen-bond donors (Lipinski definition) is 3. The zero-order valence-corrected chi connectivity index (χ0v) is 10.7. The fourth-order valence-corrected chi connectivity index (χ4v) is 2.06. The third-order valence-corrected chi connectivity index (χ3v) is 3.11. The van der Waals surface area contributed by atoms with Crippen molar-refractivity contribution in [2.75, 3.05) is 10.6 Å². The summed E-state index contributed by atoms with van der Waals surface area (Å²) in [5.41, 5.74) is 2.28. The number of anilines is 2. The van der Waals surface area contributed by atoms with Gasteiger partial charge < -0.3 is 15.7 Å². The number of urea groups is 1. The molecule has 0 saturated heterocycles. The Morgan fingerprint density at radius 3 is 2.39 bits per heavy atom. The molecule has 0 aliphatic carbocycles. The van der Waals surface area contributed by atoms with Crippen molar-refractivity contribution in [2.45, 2.75) is 13.0 Å². The molecule has 0 fully saturated rings. The van der Waals surface area contributed by atoms with Crippen molar-refractivity contribution in [2.24, 2.45) is 0 Å². The molecule has 2 rings (SSSR count). The van der Waals surface area contributed by atoms with Crippen LogP contribution in [0.5, 0.6) is 0 Å². The van der Waals surface area contributed by atoms with Crippen LogP contribution in [0.2, 0.25) is 0 Å². The van der Waals surface area contributed by atoms with Gasteiger partial charge in [0.15, 0.2) is 0 Å². The first kappa shape index (κ1) is 12.6. The van der Waals surface area contributed by atoms with Crippen molar-refractivity contribution in [3.8, 4) is 0 Å². The molecule has 94 valence electrons. The molecule has 3 N–H and O–H groups in total. The normalized spacial score (nSPS) is 11.9. The van der Waals surface area contributed by atoms with Crippen LogP contribution in [-0.4, -0.2) is 11.1 Å². The van der Waals surface area contributed by atoms with E-state index in [1.54, 1.807) is 31.2 Å². The molecule has 0 radical (unpaired) electrons. The van der Waals surface area contributed by atoms with E-state index in [1.165, 1.54) is 11.3 Å². The molecule has 1 atom stereocenters. The lowest BCUT2D eigenvalue weighted by molar-refractivity contribution is 0.199. The summed E-state index contributed by atoms with van der Waals surface area (Å²) < 4.78 is 0. The van der Waals surface area contributed by atoms with Crippen LogP contribution < -0.4 is 10.6 Å². The third kappa shape index (κ3) is 3.32. The number of rotatable bonds is 3. The van der Waals surface area contributed by atoms with Gasteiger partial charge in [-0.15, -0.1) is 0 Å². The van der Waals surface area contributed by atoms with Crippen LogP contribution in [0.1, 0.15) is 18.6 Å². The Labute approximate surface area is 109 Å². The summed E-state index contributed by atoms with van der Waals surface area (Å²) in [6, 6.07) is 8.64. The van der Waals surface area contributed by atoms with Gasteiger partial charge in [-0.2, -0.15) is 11.3 Å². The maximum Gasteiger partial charge on any atom is 0.323 e. The standard InChI is InChI=1S/C13H14N2O2S/c1-9(16)10-2-4-11(5-3-10)14-13(17)15-12-6-7-18-8-12/h2-9,16H,1H3,(H2,14,15,17). The molecule has 0 spiro atoms. The molecule has 0 aliphatic heterocycles. The summed E-state index contributed by atoms with van der Waals surface area (Å²) >= 11 is 1.52. The van der Waals surface area contributed by atoms with E-state index in [2.05, 4.69) is 10.6 Å². The third-order valence-electron chi connectivity index (χ3n) is 2.43. The van der Waals surface area contributed by atoms with Crippen molar-refractivity contribution < 1.29 is 9.90 Å². The first-order chi connectivity index (χ1) is 8.65. The van der Waals surface area contributed by atoms with Crippen LogP contribution in [-0.2, 0) is 0 Å². The molecule has 5 heteroatoms. The van der Waals surface area contributed by atoms with Gasteiger partial charge >= 0.3 is 6.03 Å². The van der Waals surface area contributed by atoms with Crippen LogP contribution in [0.3, 0.4) is 0 Å². The molecule has 2 aromatic rings. The molecule has 0 aliphatic rings. The average molecular weight is 262 g/mol. The Bertz CT molecular complexity index is 506. The monoisotopic (exact) mass is 262 g/mol. The van der Waals surface area contributed by atoms with E-state index in [0.29, 0.717) is 5.69 Å².